The maximum absolute atomic E-state index is 12.9. The summed E-state index contributed by atoms with van der Waals surface area (Å²) in [7, 11) is 3.28. The van der Waals surface area contributed by atoms with Crippen molar-refractivity contribution in [1.29, 1.82) is 0 Å². The fourth-order valence-electron chi connectivity index (χ4n) is 1.65. The number of hydrogen-bond acceptors (Lipinski definition) is 5. The summed E-state index contributed by atoms with van der Waals surface area (Å²) in [6.45, 7) is 3.53. The van der Waals surface area contributed by atoms with Crippen molar-refractivity contribution in [2.24, 2.45) is 0 Å². The molecule has 1 heterocycles. The molecule has 8 heteroatoms. The zero-order valence-electron chi connectivity index (χ0n) is 12.5. The molecule has 21 heavy (non-hydrogen) atoms. The standard InChI is InChI=1S/C13H21F3N4O/c1-4-6-17-12-18-10(13(14,15)16)9-11(19-12)20(2)7-5-8-21-3/h9H,4-8H2,1-3H3,(H,17,18,19). The smallest absolute Gasteiger partial charge is 0.385 e. The van der Waals surface area contributed by atoms with Crippen molar-refractivity contribution >= 4 is 11.8 Å². The zero-order valence-corrected chi connectivity index (χ0v) is 12.5. The Morgan fingerprint density at radius 2 is 2.05 bits per heavy atom. The highest BCUT2D eigenvalue weighted by molar-refractivity contribution is 5.44. The predicted molar refractivity (Wildman–Crippen MR) is 75.6 cm³/mol. The summed E-state index contributed by atoms with van der Waals surface area (Å²) >= 11 is 0. The van der Waals surface area contributed by atoms with Crippen LogP contribution >= 0.6 is 0 Å². The summed E-state index contributed by atoms with van der Waals surface area (Å²) in [6, 6.07) is 0.962. The minimum atomic E-state index is -4.49. The molecule has 0 atom stereocenters. The van der Waals surface area contributed by atoms with Gasteiger partial charge in [-0.25, -0.2) is 4.98 Å². The van der Waals surface area contributed by atoms with Crippen LogP contribution in [0.3, 0.4) is 0 Å². The average Bonchev–Trinajstić information content (AvgIpc) is 2.44. The number of halogens is 3. The molecule has 5 nitrogen and oxygen atoms in total. The second-order valence-electron chi connectivity index (χ2n) is 4.63. The first kappa shape index (κ1) is 17.5. The van der Waals surface area contributed by atoms with Crippen molar-refractivity contribution in [3.63, 3.8) is 0 Å². The lowest BCUT2D eigenvalue weighted by atomic mass is 10.3. The first-order chi connectivity index (χ1) is 9.88. The van der Waals surface area contributed by atoms with E-state index in [1.54, 1.807) is 19.1 Å². The lowest BCUT2D eigenvalue weighted by molar-refractivity contribution is -0.141. The summed E-state index contributed by atoms with van der Waals surface area (Å²) in [5, 5.41) is 2.80. The molecule has 0 radical (unpaired) electrons. The second kappa shape index (κ2) is 8.02. The predicted octanol–water partition coefficient (Wildman–Crippen LogP) is 2.79. The van der Waals surface area contributed by atoms with Gasteiger partial charge >= 0.3 is 6.18 Å². The van der Waals surface area contributed by atoms with Crippen LogP contribution in [0.1, 0.15) is 25.5 Å². The fraction of sp³-hybridized carbons (Fsp3) is 0.692. The summed E-state index contributed by atoms with van der Waals surface area (Å²) < 4.78 is 43.6. The fourth-order valence-corrected chi connectivity index (χ4v) is 1.65. The first-order valence-electron chi connectivity index (χ1n) is 6.78. The molecule has 0 saturated carbocycles. The van der Waals surface area contributed by atoms with Crippen LogP contribution in [0.15, 0.2) is 6.07 Å². The van der Waals surface area contributed by atoms with E-state index in [1.165, 1.54) is 0 Å². The van der Waals surface area contributed by atoms with Gasteiger partial charge in [-0.1, -0.05) is 6.92 Å². The largest absolute Gasteiger partial charge is 0.433 e. The summed E-state index contributed by atoms with van der Waals surface area (Å²) in [5.74, 6) is 0.243. The van der Waals surface area contributed by atoms with Crippen LogP contribution in [0.5, 0.6) is 0 Å². The molecule has 0 saturated heterocycles. The maximum Gasteiger partial charge on any atom is 0.433 e. The Balaban J connectivity index is 2.95. The van der Waals surface area contributed by atoms with Gasteiger partial charge in [0.1, 0.15) is 5.82 Å². The third-order valence-corrected chi connectivity index (χ3v) is 2.77. The molecule has 0 aromatic carbocycles. The van der Waals surface area contributed by atoms with E-state index in [0.29, 0.717) is 26.1 Å². The van der Waals surface area contributed by atoms with Crippen LogP contribution in [-0.4, -0.2) is 43.8 Å². The number of aromatic nitrogens is 2. The van der Waals surface area contributed by atoms with Crippen LogP contribution in [-0.2, 0) is 10.9 Å². The van der Waals surface area contributed by atoms with Crippen molar-refractivity contribution in [2.75, 3.05) is 44.1 Å². The number of hydrogen-bond donors (Lipinski definition) is 1. The highest BCUT2D eigenvalue weighted by Gasteiger charge is 2.34. The van der Waals surface area contributed by atoms with Gasteiger partial charge in [-0.2, -0.15) is 18.2 Å². The summed E-state index contributed by atoms with van der Waals surface area (Å²) in [4.78, 5) is 9.31. The Hall–Kier alpha value is -1.57. The third-order valence-electron chi connectivity index (χ3n) is 2.77. The van der Waals surface area contributed by atoms with Gasteiger partial charge in [-0.15, -0.1) is 0 Å². The van der Waals surface area contributed by atoms with E-state index in [1.807, 2.05) is 6.92 Å². The summed E-state index contributed by atoms with van der Waals surface area (Å²) in [5.41, 5.74) is -0.940. The quantitative estimate of drug-likeness (QED) is 0.748. The molecular weight excluding hydrogens is 285 g/mol. The van der Waals surface area contributed by atoms with Gasteiger partial charge in [0, 0.05) is 39.9 Å². The number of nitrogens with zero attached hydrogens (tertiary/aromatic N) is 3. The van der Waals surface area contributed by atoms with E-state index in [0.717, 1.165) is 12.5 Å². The number of ether oxygens (including phenoxy) is 1. The number of nitrogens with one attached hydrogen (secondary N) is 1. The van der Waals surface area contributed by atoms with Gasteiger partial charge in [-0.05, 0) is 12.8 Å². The van der Waals surface area contributed by atoms with Crippen molar-refractivity contribution in [1.82, 2.24) is 9.97 Å². The molecule has 0 aliphatic heterocycles. The monoisotopic (exact) mass is 306 g/mol. The highest BCUT2D eigenvalue weighted by atomic mass is 19.4. The van der Waals surface area contributed by atoms with E-state index >= 15 is 0 Å². The van der Waals surface area contributed by atoms with Crippen LogP contribution in [0, 0.1) is 0 Å². The van der Waals surface area contributed by atoms with Gasteiger partial charge in [-0.3, -0.25) is 0 Å². The van der Waals surface area contributed by atoms with Crippen molar-refractivity contribution in [3.05, 3.63) is 11.8 Å². The van der Waals surface area contributed by atoms with Crippen molar-refractivity contribution in [3.8, 4) is 0 Å². The molecule has 1 rings (SSSR count). The Bertz CT molecular complexity index is 440. The number of anilines is 2. The molecule has 1 N–H and O–H groups in total. The molecule has 0 amide bonds. The van der Waals surface area contributed by atoms with E-state index in [-0.39, 0.29) is 11.8 Å². The molecule has 0 spiro atoms. The average molecular weight is 306 g/mol. The zero-order chi connectivity index (χ0) is 15.9. The molecular formula is C13H21F3N4O. The first-order valence-corrected chi connectivity index (χ1v) is 6.78. The van der Waals surface area contributed by atoms with E-state index in [9.17, 15) is 13.2 Å². The minimum Gasteiger partial charge on any atom is -0.385 e. The van der Waals surface area contributed by atoms with Crippen LogP contribution in [0.4, 0.5) is 24.9 Å². The molecule has 1 aromatic rings. The Morgan fingerprint density at radius 3 is 2.62 bits per heavy atom. The molecule has 0 aliphatic rings. The Labute approximate surface area is 122 Å². The van der Waals surface area contributed by atoms with Gasteiger partial charge in [0.15, 0.2) is 5.69 Å². The summed E-state index contributed by atoms with van der Waals surface area (Å²) in [6.07, 6.45) is -3.01. The number of methoxy groups -OCH3 is 1. The van der Waals surface area contributed by atoms with Crippen molar-refractivity contribution < 1.29 is 17.9 Å². The van der Waals surface area contributed by atoms with Gasteiger partial charge in [0.2, 0.25) is 5.95 Å². The minimum absolute atomic E-state index is 0.000247. The molecule has 1 aromatic heterocycles. The normalized spacial score (nSPS) is 11.5. The van der Waals surface area contributed by atoms with Gasteiger partial charge in [0.25, 0.3) is 0 Å². The number of alkyl halides is 3. The van der Waals surface area contributed by atoms with Gasteiger partial charge in [0.05, 0.1) is 0 Å². The van der Waals surface area contributed by atoms with Crippen LogP contribution < -0.4 is 10.2 Å². The SMILES string of the molecule is CCCNc1nc(N(C)CCCOC)cc(C(F)(F)F)n1. The lowest BCUT2D eigenvalue weighted by Crippen LogP contribution is -2.23. The van der Waals surface area contributed by atoms with Crippen LogP contribution in [0.2, 0.25) is 0 Å². The maximum atomic E-state index is 12.9. The van der Waals surface area contributed by atoms with Gasteiger partial charge < -0.3 is 15.0 Å². The van der Waals surface area contributed by atoms with E-state index in [4.69, 9.17) is 4.74 Å². The van der Waals surface area contributed by atoms with E-state index < -0.39 is 11.9 Å². The topological polar surface area (TPSA) is 50.3 Å². The molecule has 0 unspecified atom stereocenters. The molecule has 120 valence electrons. The molecule has 0 fully saturated rings. The Kier molecular flexibility index (Phi) is 6.67. The lowest BCUT2D eigenvalue weighted by Gasteiger charge is -2.20. The molecule has 0 aliphatic carbocycles. The third kappa shape index (κ3) is 5.74. The van der Waals surface area contributed by atoms with Crippen LogP contribution in [0.25, 0.3) is 0 Å². The van der Waals surface area contributed by atoms with Crippen molar-refractivity contribution in [2.45, 2.75) is 25.9 Å². The second-order valence-corrected chi connectivity index (χ2v) is 4.63. The molecule has 0 bridgehead atoms. The highest BCUT2D eigenvalue weighted by Crippen LogP contribution is 2.30. The Morgan fingerprint density at radius 1 is 1.33 bits per heavy atom. The van der Waals surface area contributed by atoms with E-state index in [2.05, 4.69) is 15.3 Å². The number of rotatable bonds is 8.